The number of pyridine rings is 2. The van der Waals surface area contributed by atoms with Gasteiger partial charge in [0.05, 0.1) is 17.8 Å². The molecule has 32 heavy (non-hydrogen) atoms. The van der Waals surface area contributed by atoms with E-state index in [2.05, 4.69) is 60.0 Å². The van der Waals surface area contributed by atoms with Crippen molar-refractivity contribution in [2.45, 2.75) is 46.7 Å². The Balaban J connectivity index is 1.66. The second kappa shape index (κ2) is 8.46. The fourth-order valence-corrected chi connectivity index (χ4v) is 3.61. The maximum absolute atomic E-state index is 13.1. The minimum atomic E-state index is -0.232. The van der Waals surface area contributed by atoms with E-state index in [1.165, 1.54) is 5.56 Å². The number of fused-ring (bicyclic) bond motifs is 1. The van der Waals surface area contributed by atoms with Crippen molar-refractivity contribution in [3.05, 3.63) is 83.3 Å². The predicted octanol–water partition coefficient (Wildman–Crippen LogP) is 5.48. The SMILES string of the molecule is Cc1ccc(Nc2ccc3c(C(=O)NCc4ncccc4C)cn(C(C)(C)C)c3n2)cc1. The first-order chi connectivity index (χ1) is 15.2. The molecule has 0 unspecified atom stereocenters. The number of anilines is 2. The largest absolute Gasteiger partial charge is 0.346 e. The van der Waals surface area contributed by atoms with Gasteiger partial charge in [0.15, 0.2) is 0 Å². The Kier molecular flexibility index (Phi) is 5.70. The fraction of sp³-hybridized carbons (Fsp3) is 0.269. The molecule has 0 saturated heterocycles. The quantitative estimate of drug-likeness (QED) is 0.443. The summed E-state index contributed by atoms with van der Waals surface area (Å²) in [6, 6.07) is 15.9. The molecule has 3 heterocycles. The molecule has 0 spiro atoms. The Morgan fingerprint density at radius 1 is 1.03 bits per heavy atom. The summed E-state index contributed by atoms with van der Waals surface area (Å²) in [5.74, 6) is 0.602. The molecule has 2 N–H and O–H groups in total. The zero-order valence-electron chi connectivity index (χ0n) is 19.2. The lowest BCUT2D eigenvalue weighted by Gasteiger charge is -2.22. The van der Waals surface area contributed by atoms with Gasteiger partial charge >= 0.3 is 0 Å². The lowest BCUT2D eigenvalue weighted by molar-refractivity contribution is 0.0951. The van der Waals surface area contributed by atoms with Gasteiger partial charge in [0, 0.05) is 29.0 Å². The van der Waals surface area contributed by atoms with E-state index in [1.54, 1.807) is 6.20 Å². The molecular weight excluding hydrogens is 398 g/mol. The maximum atomic E-state index is 13.1. The summed E-state index contributed by atoms with van der Waals surface area (Å²) >= 11 is 0. The van der Waals surface area contributed by atoms with Crippen molar-refractivity contribution in [3.8, 4) is 0 Å². The number of hydrogen-bond donors (Lipinski definition) is 2. The molecule has 1 amide bonds. The van der Waals surface area contributed by atoms with E-state index in [1.807, 2.05) is 49.5 Å². The number of carbonyl (C=O) groups is 1. The lowest BCUT2D eigenvalue weighted by Crippen LogP contribution is -2.24. The van der Waals surface area contributed by atoms with Gasteiger partial charge in [-0.05, 0) is 70.5 Å². The van der Waals surface area contributed by atoms with Crippen LogP contribution in [0.5, 0.6) is 0 Å². The van der Waals surface area contributed by atoms with Gasteiger partial charge in [-0.1, -0.05) is 23.8 Å². The molecule has 6 nitrogen and oxygen atoms in total. The first-order valence-electron chi connectivity index (χ1n) is 10.8. The molecule has 0 radical (unpaired) electrons. The minimum absolute atomic E-state index is 0.135. The minimum Gasteiger partial charge on any atom is -0.346 e. The molecule has 4 rings (SSSR count). The number of rotatable bonds is 5. The summed E-state index contributed by atoms with van der Waals surface area (Å²) in [6.45, 7) is 10.8. The average Bonchev–Trinajstić information content (AvgIpc) is 3.14. The Labute approximate surface area is 188 Å². The van der Waals surface area contributed by atoms with Crippen molar-refractivity contribution in [2.75, 3.05) is 5.32 Å². The first-order valence-corrected chi connectivity index (χ1v) is 10.8. The zero-order chi connectivity index (χ0) is 22.9. The summed E-state index contributed by atoms with van der Waals surface area (Å²) in [4.78, 5) is 22.3. The summed E-state index contributed by atoms with van der Waals surface area (Å²) < 4.78 is 2.06. The van der Waals surface area contributed by atoms with Crippen LogP contribution in [0, 0.1) is 13.8 Å². The number of benzene rings is 1. The van der Waals surface area contributed by atoms with Crippen molar-refractivity contribution in [2.24, 2.45) is 0 Å². The van der Waals surface area contributed by atoms with Crippen molar-refractivity contribution >= 4 is 28.4 Å². The standard InChI is InChI=1S/C26H29N5O/c1-17-8-10-19(11-9-17)29-23-13-12-20-21(16-31(24(20)30-23)26(3,4)5)25(32)28-15-22-18(2)7-6-14-27-22/h6-14,16H,15H2,1-5H3,(H,28,32)(H,29,30). The number of carbonyl (C=O) groups excluding carboxylic acids is 1. The van der Waals surface area contributed by atoms with Crippen LogP contribution >= 0.6 is 0 Å². The molecule has 0 fully saturated rings. The van der Waals surface area contributed by atoms with Crippen molar-refractivity contribution in [1.82, 2.24) is 19.9 Å². The van der Waals surface area contributed by atoms with Gasteiger partial charge in [-0.25, -0.2) is 4.98 Å². The van der Waals surface area contributed by atoms with Gasteiger partial charge in [-0.3, -0.25) is 9.78 Å². The van der Waals surface area contributed by atoms with Crippen LogP contribution in [-0.2, 0) is 12.1 Å². The molecule has 4 aromatic rings. The molecule has 164 valence electrons. The summed E-state index contributed by atoms with van der Waals surface area (Å²) in [5.41, 5.74) is 5.24. The molecule has 0 saturated carbocycles. The van der Waals surface area contributed by atoms with E-state index in [0.29, 0.717) is 12.1 Å². The second-order valence-corrected chi connectivity index (χ2v) is 9.09. The van der Waals surface area contributed by atoms with Crippen LogP contribution in [0.15, 0.2) is 60.9 Å². The molecule has 1 aromatic carbocycles. The van der Waals surface area contributed by atoms with E-state index in [9.17, 15) is 4.79 Å². The lowest BCUT2D eigenvalue weighted by atomic mass is 10.1. The highest BCUT2D eigenvalue weighted by Crippen LogP contribution is 2.28. The van der Waals surface area contributed by atoms with Gasteiger partial charge in [0.1, 0.15) is 11.5 Å². The molecule has 0 aliphatic heterocycles. The molecule has 0 bridgehead atoms. The third-order valence-electron chi connectivity index (χ3n) is 5.48. The molecular formula is C26H29N5O. The third-order valence-corrected chi connectivity index (χ3v) is 5.48. The average molecular weight is 428 g/mol. The Hall–Kier alpha value is -3.67. The number of hydrogen-bond acceptors (Lipinski definition) is 4. The van der Waals surface area contributed by atoms with Gasteiger partial charge in [-0.2, -0.15) is 0 Å². The summed E-state index contributed by atoms with van der Waals surface area (Å²) in [7, 11) is 0. The predicted molar refractivity (Wildman–Crippen MR) is 129 cm³/mol. The van der Waals surface area contributed by atoms with Crippen LogP contribution in [0.25, 0.3) is 11.0 Å². The molecule has 0 aliphatic rings. The van der Waals surface area contributed by atoms with Crippen LogP contribution in [0.2, 0.25) is 0 Å². The Bertz CT molecular complexity index is 1270. The molecule has 0 aliphatic carbocycles. The van der Waals surface area contributed by atoms with Gasteiger partial charge in [0.25, 0.3) is 5.91 Å². The number of amides is 1. The van der Waals surface area contributed by atoms with Crippen molar-refractivity contribution in [3.63, 3.8) is 0 Å². The molecule has 0 atom stereocenters. The number of aromatic nitrogens is 3. The highest BCUT2D eigenvalue weighted by atomic mass is 16.1. The van der Waals surface area contributed by atoms with Crippen molar-refractivity contribution < 1.29 is 4.79 Å². The monoisotopic (exact) mass is 427 g/mol. The Morgan fingerprint density at radius 2 is 1.78 bits per heavy atom. The maximum Gasteiger partial charge on any atom is 0.253 e. The summed E-state index contributed by atoms with van der Waals surface area (Å²) in [5, 5.41) is 7.20. The van der Waals surface area contributed by atoms with Gasteiger partial charge in [0.2, 0.25) is 0 Å². The Morgan fingerprint density at radius 3 is 2.47 bits per heavy atom. The topological polar surface area (TPSA) is 71.8 Å². The van der Waals surface area contributed by atoms with E-state index in [0.717, 1.165) is 33.8 Å². The highest BCUT2D eigenvalue weighted by molar-refractivity contribution is 6.06. The normalized spacial score (nSPS) is 11.5. The van der Waals surface area contributed by atoms with Crippen LogP contribution < -0.4 is 10.6 Å². The van der Waals surface area contributed by atoms with Crippen molar-refractivity contribution in [1.29, 1.82) is 0 Å². The highest BCUT2D eigenvalue weighted by Gasteiger charge is 2.23. The number of aryl methyl sites for hydroxylation is 2. The fourth-order valence-electron chi connectivity index (χ4n) is 3.61. The van der Waals surface area contributed by atoms with Crippen LogP contribution in [0.1, 0.15) is 48.0 Å². The van der Waals surface area contributed by atoms with Crippen LogP contribution in [0.3, 0.4) is 0 Å². The van der Waals surface area contributed by atoms with Crippen LogP contribution in [-0.4, -0.2) is 20.4 Å². The third kappa shape index (κ3) is 4.49. The van der Waals surface area contributed by atoms with Gasteiger partial charge in [-0.15, -0.1) is 0 Å². The molecule has 3 aromatic heterocycles. The molecule has 6 heteroatoms. The summed E-state index contributed by atoms with van der Waals surface area (Å²) in [6.07, 6.45) is 3.64. The smallest absolute Gasteiger partial charge is 0.253 e. The van der Waals surface area contributed by atoms with E-state index in [-0.39, 0.29) is 11.4 Å². The van der Waals surface area contributed by atoms with E-state index in [4.69, 9.17) is 4.98 Å². The number of nitrogens with one attached hydrogen (secondary N) is 2. The van der Waals surface area contributed by atoms with E-state index < -0.39 is 0 Å². The van der Waals surface area contributed by atoms with E-state index >= 15 is 0 Å². The van der Waals surface area contributed by atoms with Crippen LogP contribution in [0.4, 0.5) is 11.5 Å². The van der Waals surface area contributed by atoms with Gasteiger partial charge < -0.3 is 15.2 Å². The zero-order valence-corrected chi connectivity index (χ0v) is 19.2. The first kappa shape index (κ1) is 21.6. The second-order valence-electron chi connectivity index (χ2n) is 9.09. The number of nitrogens with zero attached hydrogens (tertiary/aromatic N) is 3.